The highest BCUT2D eigenvalue weighted by atomic mass is 16.1. The number of benzene rings is 1. The number of carbonyl (C=O) groups is 1. The summed E-state index contributed by atoms with van der Waals surface area (Å²) in [4.78, 5) is 12.2. The Bertz CT molecular complexity index is 663. The summed E-state index contributed by atoms with van der Waals surface area (Å²) in [6.07, 6.45) is 7.28. The van der Waals surface area contributed by atoms with Crippen LogP contribution in [0.25, 0.3) is 5.69 Å². The largest absolute Gasteiger partial charge is 0.349 e. The van der Waals surface area contributed by atoms with Crippen LogP contribution in [0.2, 0.25) is 0 Å². The maximum Gasteiger partial charge on any atom is 0.220 e. The summed E-state index contributed by atoms with van der Waals surface area (Å²) in [6, 6.07) is 9.95. The quantitative estimate of drug-likeness (QED) is 0.822. The minimum Gasteiger partial charge on any atom is -0.349 e. The van der Waals surface area contributed by atoms with Gasteiger partial charge in [-0.05, 0) is 49.8 Å². The molecule has 0 aliphatic heterocycles. The molecular weight excluding hydrogens is 288 g/mol. The van der Waals surface area contributed by atoms with E-state index in [1.165, 1.54) is 0 Å². The van der Waals surface area contributed by atoms with Gasteiger partial charge in [0.15, 0.2) is 0 Å². The number of nitrogens with two attached hydrogens (primary N) is 1. The average molecular weight is 312 g/mol. The van der Waals surface area contributed by atoms with E-state index in [2.05, 4.69) is 17.3 Å². The molecule has 1 fully saturated rings. The third kappa shape index (κ3) is 3.79. The molecule has 5 nitrogen and oxygen atoms in total. The molecule has 1 aliphatic carbocycles. The average Bonchev–Trinajstić information content (AvgIpc) is 3.33. The van der Waals surface area contributed by atoms with Gasteiger partial charge in [0.25, 0.3) is 0 Å². The Kier molecular flexibility index (Phi) is 4.48. The smallest absolute Gasteiger partial charge is 0.220 e. The number of para-hydroxylation sites is 1. The minimum atomic E-state index is -0.245. The van der Waals surface area contributed by atoms with Crippen molar-refractivity contribution in [2.24, 2.45) is 11.7 Å². The number of carbonyl (C=O) groups excluding carboxylic acids is 1. The van der Waals surface area contributed by atoms with Crippen LogP contribution in [0.4, 0.5) is 0 Å². The molecule has 3 rings (SSSR count). The minimum absolute atomic E-state index is 0.0670. The molecule has 0 bridgehead atoms. The van der Waals surface area contributed by atoms with E-state index in [0.717, 1.165) is 24.1 Å². The lowest BCUT2D eigenvalue weighted by Crippen LogP contribution is -2.53. The van der Waals surface area contributed by atoms with Gasteiger partial charge < -0.3 is 11.1 Å². The number of rotatable bonds is 7. The SMILES string of the molecule is CC(CN)(NC(=O)CCc1cnn(-c2ccccc2)c1)C1CC1. The van der Waals surface area contributed by atoms with Crippen molar-refractivity contribution in [3.05, 3.63) is 48.3 Å². The summed E-state index contributed by atoms with van der Waals surface area (Å²) in [5, 5.41) is 7.48. The molecule has 1 saturated carbocycles. The predicted molar refractivity (Wildman–Crippen MR) is 90.2 cm³/mol. The number of nitrogens with zero attached hydrogens (tertiary/aromatic N) is 2. The summed E-state index contributed by atoms with van der Waals surface area (Å²) < 4.78 is 1.83. The van der Waals surface area contributed by atoms with Gasteiger partial charge in [0.05, 0.1) is 17.4 Å². The van der Waals surface area contributed by atoms with E-state index in [0.29, 0.717) is 25.3 Å². The van der Waals surface area contributed by atoms with Crippen LogP contribution in [-0.2, 0) is 11.2 Å². The maximum absolute atomic E-state index is 12.2. The fourth-order valence-electron chi connectivity index (χ4n) is 2.89. The second-order valence-electron chi connectivity index (χ2n) is 6.57. The lowest BCUT2D eigenvalue weighted by atomic mass is 9.95. The monoisotopic (exact) mass is 312 g/mol. The van der Waals surface area contributed by atoms with Crippen molar-refractivity contribution in [2.45, 2.75) is 38.1 Å². The summed E-state index contributed by atoms with van der Waals surface area (Å²) in [7, 11) is 0. The van der Waals surface area contributed by atoms with Gasteiger partial charge in [0, 0.05) is 19.2 Å². The van der Waals surface area contributed by atoms with Crippen molar-refractivity contribution >= 4 is 5.91 Å². The molecule has 1 heterocycles. The third-order valence-electron chi connectivity index (χ3n) is 4.62. The third-order valence-corrected chi connectivity index (χ3v) is 4.62. The van der Waals surface area contributed by atoms with Crippen molar-refractivity contribution < 1.29 is 4.79 Å². The summed E-state index contributed by atoms with van der Waals surface area (Å²) in [5.74, 6) is 0.606. The first-order chi connectivity index (χ1) is 11.1. The first-order valence-corrected chi connectivity index (χ1v) is 8.21. The zero-order valence-corrected chi connectivity index (χ0v) is 13.5. The molecular formula is C18H24N4O. The summed E-state index contributed by atoms with van der Waals surface area (Å²) in [5.41, 5.74) is 7.68. The molecule has 0 saturated heterocycles. The van der Waals surface area contributed by atoms with Crippen molar-refractivity contribution in [2.75, 3.05) is 6.54 Å². The van der Waals surface area contributed by atoms with Crippen LogP contribution in [-0.4, -0.2) is 27.8 Å². The van der Waals surface area contributed by atoms with E-state index < -0.39 is 0 Å². The van der Waals surface area contributed by atoms with Crippen LogP contribution < -0.4 is 11.1 Å². The number of amides is 1. The van der Waals surface area contributed by atoms with Gasteiger partial charge in [0.1, 0.15) is 0 Å². The Labute approximate surface area is 136 Å². The van der Waals surface area contributed by atoms with Gasteiger partial charge in [0.2, 0.25) is 5.91 Å². The normalized spacial score (nSPS) is 16.8. The Morgan fingerprint density at radius 3 is 2.78 bits per heavy atom. The van der Waals surface area contributed by atoms with Crippen LogP contribution in [0.15, 0.2) is 42.7 Å². The van der Waals surface area contributed by atoms with Crippen LogP contribution >= 0.6 is 0 Å². The molecule has 0 spiro atoms. The summed E-state index contributed by atoms with van der Waals surface area (Å²) >= 11 is 0. The molecule has 5 heteroatoms. The van der Waals surface area contributed by atoms with E-state index in [1.807, 2.05) is 47.4 Å². The van der Waals surface area contributed by atoms with Gasteiger partial charge in [-0.25, -0.2) is 4.68 Å². The van der Waals surface area contributed by atoms with Crippen molar-refractivity contribution in [1.82, 2.24) is 15.1 Å². The molecule has 1 aliphatic rings. The van der Waals surface area contributed by atoms with Gasteiger partial charge >= 0.3 is 0 Å². The Morgan fingerprint density at radius 1 is 1.39 bits per heavy atom. The number of aromatic nitrogens is 2. The number of hydrogen-bond donors (Lipinski definition) is 2. The van der Waals surface area contributed by atoms with Gasteiger partial charge in [-0.15, -0.1) is 0 Å². The Morgan fingerprint density at radius 2 is 2.13 bits per heavy atom. The lowest BCUT2D eigenvalue weighted by Gasteiger charge is -2.29. The fourth-order valence-corrected chi connectivity index (χ4v) is 2.89. The zero-order chi connectivity index (χ0) is 16.3. The molecule has 1 amide bonds. The number of hydrogen-bond acceptors (Lipinski definition) is 3. The van der Waals surface area contributed by atoms with Crippen molar-refractivity contribution in [3.63, 3.8) is 0 Å². The first-order valence-electron chi connectivity index (χ1n) is 8.21. The van der Waals surface area contributed by atoms with E-state index in [-0.39, 0.29) is 11.4 Å². The van der Waals surface area contributed by atoms with Crippen LogP contribution in [0.3, 0.4) is 0 Å². The van der Waals surface area contributed by atoms with E-state index >= 15 is 0 Å². The predicted octanol–water partition coefficient (Wildman–Crippen LogP) is 2.05. The number of nitrogens with one attached hydrogen (secondary N) is 1. The zero-order valence-electron chi connectivity index (χ0n) is 13.5. The molecule has 23 heavy (non-hydrogen) atoms. The Hall–Kier alpha value is -2.14. The van der Waals surface area contributed by atoms with Crippen LogP contribution in [0.1, 0.15) is 31.7 Å². The van der Waals surface area contributed by atoms with E-state index in [1.54, 1.807) is 0 Å². The van der Waals surface area contributed by atoms with E-state index in [4.69, 9.17) is 5.73 Å². The molecule has 0 radical (unpaired) electrons. The Balaban J connectivity index is 1.54. The van der Waals surface area contributed by atoms with Gasteiger partial charge in [-0.1, -0.05) is 18.2 Å². The van der Waals surface area contributed by atoms with Gasteiger partial charge in [-0.2, -0.15) is 5.10 Å². The molecule has 1 atom stereocenters. The fraction of sp³-hybridized carbons (Fsp3) is 0.444. The van der Waals surface area contributed by atoms with Gasteiger partial charge in [-0.3, -0.25) is 4.79 Å². The molecule has 1 unspecified atom stereocenters. The summed E-state index contributed by atoms with van der Waals surface area (Å²) in [6.45, 7) is 2.55. The van der Waals surface area contributed by atoms with Crippen LogP contribution in [0, 0.1) is 5.92 Å². The first kappa shape index (κ1) is 15.7. The lowest BCUT2D eigenvalue weighted by molar-refractivity contribution is -0.123. The second-order valence-corrected chi connectivity index (χ2v) is 6.57. The number of aryl methyl sites for hydroxylation is 1. The molecule has 1 aromatic heterocycles. The molecule has 1 aromatic carbocycles. The maximum atomic E-state index is 12.2. The standard InChI is InChI=1S/C18H24N4O/c1-18(13-19,15-8-9-15)21-17(23)10-7-14-11-20-22(12-14)16-5-3-2-4-6-16/h2-6,11-12,15H,7-10,13,19H2,1H3,(H,21,23). The van der Waals surface area contributed by atoms with Crippen molar-refractivity contribution in [3.8, 4) is 5.69 Å². The highest BCUT2D eigenvalue weighted by molar-refractivity contribution is 5.77. The van der Waals surface area contributed by atoms with Crippen molar-refractivity contribution in [1.29, 1.82) is 0 Å². The topological polar surface area (TPSA) is 72.9 Å². The molecule has 3 N–H and O–H groups in total. The molecule has 2 aromatic rings. The van der Waals surface area contributed by atoms with E-state index in [9.17, 15) is 4.79 Å². The second kappa shape index (κ2) is 6.54. The molecule has 122 valence electrons. The highest BCUT2D eigenvalue weighted by Gasteiger charge is 2.41. The van der Waals surface area contributed by atoms with Crippen LogP contribution in [0.5, 0.6) is 0 Å². The highest BCUT2D eigenvalue weighted by Crippen LogP contribution is 2.38.